The molecule has 1 atom stereocenters. The highest BCUT2D eigenvalue weighted by Gasteiger charge is 2.12. The molecule has 2 nitrogen and oxygen atoms in total. The van der Waals surface area contributed by atoms with Crippen molar-refractivity contribution in [2.75, 3.05) is 26.7 Å². The lowest BCUT2D eigenvalue weighted by Crippen LogP contribution is -2.34. The predicted molar refractivity (Wildman–Crippen MR) is 84.6 cm³/mol. The standard InChI is InChI=1S/C17H30N2/c1-5-7-13-19(4)14-17(18-12-6-2)16-10-8-15(3)9-11-16/h8-11,17-18H,5-7,12-14H2,1-4H3. The Labute approximate surface area is 119 Å². The molecule has 1 aromatic rings. The molecule has 0 saturated carbocycles. The zero-order chi connectivity index (χ0) is 14.1. The number of nitrogens with zero attached hydrogens (tertiary/aromatic N) is 1. The average Bonchev–Trinajstić information content (AvgIpc) is 2.42. The molecule has 0 aliphatic carbocycles. The highest BCUT2D eigenvalue weighted by molar-refractivity contribution is 5.24. The average molecular weight is 262 g/mol. The summed E-state index contributed by atoms with van der Waals surface area (Å²) >= 11 is 0. The van der Waals surface area contributed by atoms with E-state index in [1.807, 2.05) is 0 Å². The van der Waals surface area contributed by atoms with E-state index in [1.165, 1.54) is 36.9 Å². The Balaban J connectivity index is 2.62. The van der Waals surface area contributed by atoms with Crippen LogP contribution in [0.5, 0.6) is 0 Å². The van der Waals surface area contributed by atoms with E-state index in [2.05, 4.69) is 62.3 Å². The molecule has 1 unspecified atom stereocenters. The molecule has 1 N–H and O–H groups in total. The molecule has 0 amide bonds. The summed E-state index contributed by atoms with van der Waals surface area (Å²) in [7, 11) is 2.23. The molecule has 0 saturated heterocycles. The zero-order valence-corrected chi connectivity index (χ0v) is 13.1. The minimum atomic E-state index is 0.447. The van der Waals surface area contributed by atoms with Crippen molar-refractivity contribution in [3.8, 4) is 0 Å². The predicted octanol–water partition coefficient (Wildman–Crippen LogP) is 3.77. The molecule has 0 radical (unpaired) electrons. The number of unbranched alkanes of at least 4 members (excludes halogenated alkanes) is 1. The molecule has 1 aromatic carbocycles. The molecule has 108 valence electrons. The number of hydrogen-bond acceptors (Lipinski definition) is 2. The first-order valence-corrected chi connectivity index (χ1v) is 7.65. The fraction of sp³-hybridized carbons (Fsp3) is 0.647. The summed E-state index contributed by atoms with van der Waals surface area (Å²) in [4.78, 5) is 2.44. The summed E-state index contributed by atoms with van der Waals surface area (Å²) in [5.41, 5.74) is 2.74. The maximum absolute atomic E-state index is 3.67. The molecule has 0 aromatic heterocycles. The van der Waals surface area contributed by atoms with E-state index in [0.29, 0.717) is 6.04 Å². The van der Waals surface area contributed by atoms with Crippen molar-refractivity contribution in [1.82, 2.24) is 10.2 Å². The van der Waals surface area contributed by atoms with Crippen molar-refractivity contribution >= 4 is 0 Å². The number of benzene rings is 1. The number of likely N-dealkylation sites (N-methyl/N-ethyl adjacent to an activating group) is 1. The van der Waals surface area contributed by atoms with Crippen LogP contribution in [-0.2, 0) is 0 Å². The Morgan fingerprint density at radius 3 is 2.37 bits per heavy atom. The largest absolute Gasteiger partial charge is 0.309 e. The van der Waals surface area contributed by atoms with Crippen molar-refractivity contribution < 1.29 is 0 Å². The lowest BCUT2D eigenvalue weighted by Gasteiger charge is -2.25. The van der Waals surface area contributed by atoms with Crippen molar-refractivity contribution in [3.63, 3.8) is 0 Å². The molecule has 0 spiro atoms. The van der Waals surface area contributed by atoms with Gasteiger partial charge in [-0.1, -0.05) is 50.1 Å². The molecule has 2 heteroatoms. The number of aryl methyl sites for hydroxylation is 1. The summed E-state index contributed by atoms with van der Waals surface area (Å²) in [6.07, 6.45) is 3.73. The number of nitrogens with one attached hydrogen (secondary N) is 1. The third kappa shape index (κ3) is 6.22. The van der Waals surface area contributed by atoms with Crippen LogP contribution < -0.4 is 5.32 Å². The lowest BCUT2D eigenvalue weighted by molar-refractivity contribution is 0.286. The van der Waals surface area contributed by atoms with E-state index in [0.717, 1.165) is 13.1 Å². The second-order valence-corrected chi connectivity index (χ2v) is 5.53. The molecule has 19 heavy (non-hydrogen) atoms. The number of hydrogen-bond donors (Lipinski definition) is 1. The Morgan fingerprint density at radius 2 is 1.79 bits per heavy atom. The Kier molecular flexibility index (Phi) is 7.76. The van der Waals surface area contributed by atoms with E-state index in [9.17, 15) is 0 Å². The Hall–Kier alpha value is -0.860. The van der Waals surface area contributed by atoms with E-state index in [1.54, 1.807) is 0 Å². The number of rotatable bonds is 9. The second-order valence-electron chi connectivity index (χ2n) is 5.53. The van der Waals surface area contributed by atoms with E-state index in [-0.39, 0.29) is 0 Å². The maximum Gasteiger partial charge on any atom is 0.0449 e. The maximum atomic E-state index is 3.67. The van der Waals surface area contributed by atoms with Crippen molar-refractivity contribution in [1.29, 1.82) is 0 Å². The van der Waals surface area contributed by atoms with Crippen LogP contribution in [0.4, 0.5) is 0 Å². The van der Waals surface area contributed by atoms with E-state index >= 15 is 0 Å². The topological polar surface area (TPSA) is 15.3 Å². The normalized spacial score (nSPS) is 12.9. The van der Waals surface area contributed by atoms with Gasteiger partial charge in [0, 0.05) is 12.6 Å². The first kappa shape index (κ1) is 16.2. The van der Waals surface area contributed by atoms with E-state index < -0.39 is 0 Å². The summed E-state index contributed by atoms with van der Waals surface area (Å²) in [6.45, 7) is 9.97. The van der Waals surface area contributed by atoms with Gasteiger partial charge in [-0.05, 0) is 45.5 Å². The van der Waals surface area contributed by atoms with Gasteiger partial charge in [-0.25, -0.2) is 0 Å². The monoisotopic (exact) mass is 262 g/mol. The smallest absolute Gasteiger partial charge is 0.0449 e. The van der Waals surface area contributed by atoms with Crippen molar-refractivity contribution in [2.24, 2.45) is 0 Å². The minimum absolute atomic E-state index is 0.447. The minimum Gasteiger partial charge on any atom is -0.309 e. The van der Waals surface area contributed by atoms with Gasteiger partial charge in [0.1, 0.15) is 0 Å². The molecule has 0 bridgehead atoms. The molecule has 0 fully saturated rings. The Bertz CT molecular complexity index is 332. The van der Waals surface area contributed by atoms with Gasteiger partial charge >= 0.3 is 0 Å². The molecule has 0 heterocycles. The van der Waals surface area contributed by atoms with Gasteiger partial charge in [0.05, 0.1) is 0 Å². The van der Waals surface area contributed by atoms with Crippen LogP contribution in [0.25, 0.3) is 0 Å². The quantitative estimate of drug-likeness (QED) is 0.729. The summed E-state index contributed by atoms with van der Waals surface area (Å²) < 4.78 is 0. The Morgan fingerprint density at radius 1 is 1.11 bits per heavy atom. The molecule has 0 aliphatic rings. The summed E-state index contributed by atoms with van der Waals surface area (Å²) in [6, 6.07) is 9.39. The van der Waals surface area contributed by atoms with Gasteiger partial charge in [0.2, 0.25) is 0 Å². The van der Waals surface area contributed by atoms with Crippen LogP contribution in [0, 0.1) is 6.92 Å². The SMILES string of the molecule is CCCCN(C)CC(NCCC)c1ccc(C)cc1. The van der Waals surface area contributed by atoms with Crippen molar-refractivity contribution in [2.45, 2.75) is 46.1 Å². The summed E-state index contributed by atoms with van der Waals surface area (Å²) in [5, 5.41) is 3.67. The van der Waals surface area contributed by atoms with Crippen molar-refractivity contribution in [3.05, 3.63) is 35.4 Å². The molecular weight excluding hydrogens is 232 g/mol. The highest BCUT2D eigenvalue weighted by atomic mass is 15.1. The van der Waals surface area contributed by atoms with Crippen LogP contribution in [0.15, 0.2) is 24.3 Å². The first-order chi connectivity index (χ1) is 9.17. The molecule has 1 rings (SSSR count). The van der Waals surface area contributed by atoms with Crippen LogP contribution in [-0.4, -0.2) is 31.6 Å². The highest BCUT2D eigenvalue weighted by Crippen LogP contribution is 2.15. The van der Waals surface area contributed by atoms with E-state index in [4.69, 9.17) is 0 Å². The first-order valence-electron chi connectivity index (χ1n) is 7.65. The van der Waals surface area contributed by atoms with Gasteiger partial charge in [-0.15, -0.1) is 0 Å². The zero-order valence-electron chi connectivity index (χ0n) is 13.1. The van der Waals surface area contributed by atoms with Crippen LogP contribution in [0.3, 0.4) is 0 Å². The van der Waals surface area contributed by atoms with Gasteiger partial charge in [-0.3, -0.25) is 0 Å². The molecule has 0 aliphatic heterocycles. The lowest BCUT2D eigenvalue weighted by atomic mass is 10.0. The van der Waals surface area contributed by atoms with Crippen LogP contribution >= 0.6 is 0 Å². The van der Waals surface area contributed by atoms with Gasteiger partial charge in [0.15, 0.2) is 0 Å². The third-order valence-electron chi connectivity index (χ3n) is 3.51. The van der Waals surface area contributed by atoms with Crippen LogP contribution in [0.2, 0.25) is 0 Å². The fourth-order valence-corrected chi connectivity index (χ4v) is 2.24. The fourth-order valence-electron chi connectivity index (χ4n) is 2.24. The van der Waals surface area contributed by atoms with Gasteiger partial charge < -0.3 is 10.2 Å². The van der Waals surface area contributed by atoms with Gasteiger partial charge in [-0.2, -0.15) is 0 Å². The summed E-state index contributed by atoms with van der Waals surface area (Å²) in [5.74, 6) is 0. The van der Waals surface area contributed by atoms with Crippen LogP contribution in [0.1, 0.15) is 50.3 Å². The van der Waals surface area contributed by atoms with Gasteiger partial charge in [0.25, 0.3) is 0 Å². The third-order valence-corrected chi connectivity index (χ3v) is 3.51. The molecular formula is C17H30N2. The second kappa shape index (κ2) is 9.11.